The molecule has 0 saturated carbocycles. The van der Waals surface area contributed by atoms with E-state index in [1.807, 2.05) is 38.1 Å². The highest BCUT2D eigenvalue weighted by molar-refractivity contribution is 7.09. The summed E-state index contributed by atoms with van der Waals surface area (Å²) in [7, 11) is 0. The first-order valence-corrected chi connectivity index (χ1v) is 9.80. The Labute approximate surface area is 162 Å². The summed E-state index contributed by atoms with van der Waals surface area (Å²) < 4.78 is 1.73. The third-order valence-electron chi connectivity index (χ3n) is 4.08. The number of nitrogens with one attached hydrogen (secondary N) is 1. The number of aryl methyl sites for hydroxylation is 2. The van der Waals surface area contributed by atoms with Crippen molar-refractivity contribution in [2.24, 2.45) is 0 Å². The van der Waals surface area contributed by atoms with E-state index in [-0.39, 0.29) is 5.91 Å². The normalized spacial score (nSPS) is 10.9. The number of rotatable bonds is 7. The van der Waals surface area contributed by atoms with Gasteiger partial charge in [0.2, 0.25) is 0 Å². The summed E-state index contributed by atoms with van der Waals surface area (Å²) in [6.07, 6.45) is 4.49. The number of hydrogen-bond donors (Lipinski definition) is 1. The Balaban J connectivity index is 1.52. The number of hydrogen-bond acceptors (Lipinski definition) is 4. The Morgan fingerprint density at radius 3 is 2.88 bits per heavy atom. The number of nitrogens with zero attached hydrogens (tertiary/aromatic N) is 3. The number of thiazole rings is 1. The number of halogens is 1. The average Bonchev–Trinajstić information content (AvgIpc) is 3.20. The maximum Gasteiger partial charge on any atom is 0.254 e. The summed E-state index contributed by atoms with van der Waals surface area (Å²) in [5, 5.41) is 11.2. The van der Waals surface area contributed by atoms with E-state index >= 15 is 0 Å². The molecule has 0 aliphatic carbocycles. The third-order valence-corrected chi connectivity index (χ3v) is 5.34. The second-order valence-corrected chi connectivity index (χ2v) is 7.51. The maximum absolute atomic E-state index is 12.4. The first kappa shape index (κ1) is 18.6. The second-order valence-electron chi connectivity index (χ2n) is 6.13. The van der Waals surface area contributed by atoms with Gasteiger partial charge < -0.3 is 5.32 Å². The van der Waals surface area contributed by atoms with E-state index < -0.39 is 0 Å². The molecule has 0 saturated heterocycles. The summed E-state index contributed by atoms with van der Waals surface area (Å²) in [6, 6.07) is 7.41. The minimum Gasteiger partial charge on any atom is -0.352 e. The van der Waals surface area contributed by atoms with Gasteiger partial charge >= 0.3 is 0 Å². The van der Waals surface area contributed by atoms with Crippen molar-refractivity contribution in [3.05, 3.63) is 62.8 Å². The molecule has 26 heavy (non-hydrogen) atoms. The molecule has 136 valence electrons. The van der Waals surface area contributed by atoms with Gasteiger partial charge in [-0.05, 0) is 51.3 Å². The van der Waals surface area contributed by atoms with E-state index in [1.54, 1.807) is 22.2 Å². The van der Waals surface area contributed by atoms with E-state index in [0.717, 1.165) is 41.3 Å². The fourth-order valence-electron chi connectivity index (χ4n) is 2.72. The van der Waals surface area contributed by atoms with Crippen LogP contribution in [0.25, 0.3) is 5.69 Å². The van der Waals surface area contributed by atoms with E-state index in [4.69, 9.17) is 11.6 Å². The van der Waals surface area contributed by atoms with E-state index in [0.29, 0.717) is 17.1 Å². The molecule has 5 nitrogen and oxygen atoms in total. The minimum absolute atomic E-state index is 0.0964. The molecular weight excluding hydrogens is 368 g/mol. The number of amides is 1. The van der Waals surface area contributed by atoms with Crippen LogP contribution in [0.3, 0.4) is 0 Å². The molecule has 3 rings (SSSR count). The molecule has 0 unspecified atom stereocenters. The minimum atomic E-state index is -0.0964. The topological polar surface area (TPSA) is 59.8 Å². The molecule has 2 aromatic heterocycles. The molecule has 0 atom stereocenters. The van der Waals surface area contributed by atoms with E-state index in [2.05, 4.69) is 20.8 Å². The van der Waals surface area contributed by atoms with Gasteiger partial charge in [0.25, 0.3) is 5.91 Å². The lowest BCUT2D eigenvalue weighted by Crippen LogP contribution is -2.25. The largest absolute Gasteiger partial charge is 0.352 e. The third kappa shape index (κ3) is 4.51. The predicted octanol–water partition coefficient (Wildman–Crippen LogP) is 4.35. The lowest BCUT2D eigenvalue weighted by molar-refractivity contribution is 0.0952. The number of unbranched alkanes of at least 4 members (excludes halogenated alkanes) is 1. The summed E-state index contributed by atoms with van der Waals surface area (Å²) in [6.45, 7) is 4.53. The van der Waals surface area contributed by atoms with Gasteiger partial charge in [0.1, 0.15) is 0 Å². The molecule has 0 bridgehead atoms. The monoisotopic (exact) mass is 388 g/mol. The summed E-state index contributed by atoms with van der Waals surface area (Å²) in [5.74, 6) is -0.0964. The Morgan fingerprint density at radius 1 is 1.31 bits per heavy atom. The molecule has 0 spiro atoms. The van der Waals surface area contributed by atoms with Crippen molar-refractivity contribution in [3.8, 4) is 5.69 Å². The lowest BCUT2D eigenvalue weighted by atomic mass is 10.2. The molecular formula is C19H21ClN4OS. The maximum atomic E-state index is 12.4. The van der Waals surface area contributed by atoms with E-state index in [9.17, 15) is 4.79 Å². The van der Waals surface area contributed by atoms with Gasteiger partial charge in [-0.1, -0.05) is 17.7 Å². The highest BCUT2D eigenvalue weighted by Crippen LogP contribution is 2.18. The molecule has 0 aliphatic heterocycles. The van der Waals surface area contributed by atoms with Crippen LogP contribution in [-0.2, 0) is 6.42 Å². The van der Waals surface area contributed by atoms with Gasteiger partial charge in [-0.15, -0.1) is 11.3 Å². The van der Waals surface area contributed by atoms with Crippen molar-refractivity contribution < 1.29 is 4.79 Å². The quantitative estimate of drug-likeness (QED) is 0.612. The zero-order valence-corrected chi connectivity index (χ0v) is 16.4. The molecule has 1 aromatic carbocycles. The molecule has 0 aliphatic rings. The van der Waals surface area contributed by atoms with Crippen LogP contribution >= 0.6 is 22.9 Å². The molecule has 0 radical (unpaired) electrons. The van der Waals surface area contributed by atoms with Gasteiger partial charge in [-0.25, -0.2) is 9.67 Å². The Kier molecular flexibility index (Phi) is 6.06. The van der Waals surface area contributed by atoms with Gasteiger partial charge in [-0.3, -0.25) is 4.79 Å². The fraction of sp³-hybridized carbons (Fsp3) is 0.316. The van der Waals surface area contributed by atoms with Crippen molar-refractivity contribution in [1.82, 2.24) is 20.1 Å². The van der Waals surface area contributed by atoms with Crippen molar-refractivity contribution in [2.75, 3.05) is 6.54 Å². The standard InChI is InChI=1S/C19H21ClN4OS/c1-13-12-26-18(23-13)8-3-4-9-21-19(25)17-11-22-24(14(17)2)16-7-5-6-15(20)10-16/h5-7,10-12H,3-4,8-9H2,1-2H3,(H,21,25). The van der Waals surface area contributed by atoms with Gasteiger partial charge in [0.05, 0.1) is 28.1 Å². The van der Waals surface area contributed by atoms with Crippen LogP contribution in [0.5, 0.6) is 0 Å². The van der Waals surface area contributed by atoms with Crippen molar-refractivity contribution >= 4 is 28.8 Å². The van der Waals surface area contributed by atoms with Crippen LogP contribution in [0, 0.1) is 13.8 Å². The number of carbonyl (C=O) groups is 1. The molecule has 2 heterocycles. The number of aromatic nitrogens is 3. The van der Waals surface area contributed by atoms with Gasteiger partial charge in [-0.2, -0.15) is 5.10 Å². The molecule has 1 N–H and O–H groups in total. The Bertz CT molecular complexity index is 903. The lowest BCUT2D eigenvalue weighted by Gasteiger charge is -2.07. The van der Waals surface area contributed by atoms with Crippen molar-refractivity contribution in [3.63, 3.8) is 0 Å². The Morgan fingerprint density at radius 2 is 2.15 bits per heavy atom. The van der Waals surface area contributed by atoms with Gasteiger partial charge in [0, 0.05) is 22.6 Å². The summed E-state index contributed by atoms with van der Waals surface area (Å²) in [5.41, 5.74) is 3.29. The number of benzene rings is 1. The van der Waals surface area contributed by atoms with Crippen LogP contribution in [0.2, 0.25) is 5.02 Å². The van der Waals surface area contributed by atoms with Crippen LogP contribution in [0.15, 0.2) is 35.8 Å². The van der Waals surface area contributed by atoms with Crippen molar-refractivity contribution in [1.29, 1.82) is 0 Å². The first-order valence-electron chi connectivity index (χ1n) is 8.54. The predicted molar refractivity (Wildman–Crippen MR) is 105 cm³/mol. The van der Waals surface area contributed by atoms with Crippen LogP contribution < -0.4 is 5.32 Å². The zero-order valence-electron chi connectivity index (χ0n) is 14.8. The molecule has 1 amide bonds. The fourth-order valence-corrected chi connectivity index (χ4v) is 3.72. The SMILES string of the molecule is Cc1csc(CCCCNC(=O)c2cnn(-c3cccc(Cl)c3)c2C)n1. The van der Waals surface area contributed by atoms with Crippen LogP contribution in [0.4, 0.5) is 0 Å². The highest BCUT2D eigenvalue weighted by atomic mass is 35.5. The van der Waals surface area contributed by atoms with Crippen molar-refractivity contribution in [2.45, 2.75) is 33.1 Å². The summed E-state index contributed by atoms with van der Waals surface area (Å²) >= 11 is 7.73. The second kappa shape index (κ2) is 8.47. The van der Waals surface area contributed by atoms with Crippen LogP contribution in [-0.4, -0.2) is 27.2 Å². The molecule has 7 heteroatoms. The first-order chi connectivity index (χ1) is 12.5. The average molecular weight is 389 g/mol. The number of carbonyl (C=O) groups excluding carboxylic acids is 1. The molecule has 3 aromatic rings. The summed E-state index contributed by atoms with van der Waals surface area (Å²) in [4.78, 5) is 16.9. The highest BCUT2D eigenvalue weighted by Gasteiger charge is 2.14. The molecule has 0 fully saturated rings. The Hall–Kier alpha value is -2.18. The van der Waals surface area contributed by atoms with E-state index in [1.165, 1.54) is 0 Å². The smallest absolute Gasteiger partial charge is 0.254 e. The zero-order chi connectivity index (χ0) is 18.5. The van der Waals surface area contributed by atoms with Crippen LogP contribution in [0.1, 0.15) is 39.6 Å². The van der Waals surface area contributed by atoms with Gasteiger partial charge in [0.15, 0.2) is 0 Å².